The quantitative estimate of drug-likeness (QED) is 0.892. The maximum atomic E-state index is 13.2. The number of nitrogens with one attached hydrogen (secondary N) is 2. The third-order valence-corrected chi connectivity index (χ3v) is 3.72. The van der Waals surface area contributed by atoms with E-state index in [1.807, 2.05) is 0 Å². The van der Waals surface area contributed by atoms with Crippen LogP contribution in [0.4, 0.5) is 13.2 Å². The molecular weight excluding hydrogens is 285 g/mol. The minimum absolute atomic E-state index is 0.0356. The van der Waals surface area contributed by atoms with Crippen molar-refractivity contribution in [3.05, 3.63) is 29.8 Å². The SMILES string of the molecule is COc1cccc(CNC(=O)C2(C(F)(F)F)CCNC2)c1. The summed E-state index contributed by atoms with van der Waals surface area (Å²) in [4.78, 5) is 12.0. The third-order valence-electron chi connectivity index (χ3n) is 3.72. The fourth-order valence-electron chi connectivity index (χ4n) is 2.39. The van der Waals surface area contributed by atoms with Crippen molar-refractivity contribution in [3.8, 4) is 5.75 Å². The summed E-state index contributed by atoms with van der Waals surface area (Å²) in [5, 5.41) is 5.00. The lowest BCUT2D eigenvalue weighted by Crippen LogP contribution is -2.52. The number of benzene rings is 1. The van der Waals surface area contributed by atoms with Crippen LogP contribution in [-0.2, 0) is 11.3 Å². The van der Waals surface area contributed by atoms with Crippen molar-refractivity contribution in [2.75, 3.05) is 20.2 Å². The van der Waals surface area contributed by atoms with Crippen molar-refractivity contribution in [2.24, 2.45) is 5.41 Å². The molecule has 1 heterocycles. The van der Waals surface area contributed by atoms with Crippen molar-refractivity contribution >= 4 is 5.91 Å². The second kappa shape index (κ2) is 5.93. The zero-order chi connectivity index (χ0) is 15.5. The van der Waals surface area contributed by atoms with Crippen LogP contribution in [0, 0.1) is 5.41 Å². The number of carbonyl (C=O) groups is 1. The smallest absolute Gasteiger partial charge is 0.404 e. The van der Waals surface area contributed by atoms with Crippen LogP contribution in [0.25, 0.3) is 0 Å². The molecule has 0 saturated carbocycles. The molecule has 0 aliphatic carbocycles. The number of methoxy groups -OCH3 is 1. The number of halogens is 3. The van der Waals surface area contributed by atoms with Crippen molar-refractivity contribution in [1.82, 2.24) is 10.6 Å². The highest BCUT2D eigenvalue weighted by atomic mass is 19.4. The van der Waals surface area contributed by atoms with Gasteiger partial charge in [0, 0.05) is 13.1 Å². The zero-order valence-corrected chi connectivity index (χ0v) is 11.6. The highest BCUT2D eigenvalue weighted by Crippen LogP contribution is 2.43. The predicted octanol–water partition coefficient (Wildman–Crippen LogP) is 1.85. The minimum atomic E-state index is -4.56. The number of amides is 1. The Morgan fingerprint density at radius 1 is 1.48 bits per heavy atom. The van der Waals surface area contributed by atoms with E-state index in [9.17, 15) is 18.0 Å². The van der Waals surface area contributed by atoms with Gasteiger partial charge in [0.2, 0.25) is 5.91 Å². The van der Waals surface area contributed by atoms with Gasteiger partial charge in [0.15, 0.2) is 5.41 Å². The van der Waals surface area contributed by atoms with Crippen LogP contribution in [0.2, 0.25) is 0 Å². The Bertz CT molecular complexity index is 511. The lowest BCUT2D eigenvalue weighted by atomic mass is 9.85. The first-order chi connectivity index (χ1) is 9.89. The number of ether oxygens (including phenoxy) is 1. The van der Waals surface area contributed by atoms with E-state index in [-0.39, 0.29) is 26.1 Å². The summed E-state index contributed by atoms with van der Waals surface area (Å²) in [6.45, 7) is -0.152. The molecule has 1 saturated heterocycles. The summed E-state index contributed by atoms with van der Waals surface area (Å²) in [6.07, 6.45) is -4.80. The van der Waals surface area contributed by atoms with Crippen molar-refractivity contribution in [2.45, 2.75) is 19.1 Å². The Balaban J connectivity index is 2.06. The van der Waals surface area contributed by atoms with Crippen LogP contribution in [0.15, 0.2) is 24.3 Å². The average Bonchev–Trinajstić information content (AvgIpc) is 2.95. The maximum absolute atomic E-state index is 13.2. The molecule has 1 atom stereocenters. The number of carbonyl (C=O) groups excluding carboxylic acids is 1. The Morgan fingerprint density at radius 2 is 2.24 bits per heavy atom. The Hall–Kier alpha value is -1.76. The largest absolute Gasteiger partial charge is 0.497 e. The van der Waals surface area contributed by atoms with Gasteiger partial charge in [0.1, 0.15) is 5.75 Å². The van der Waals surface area contributed by atoms with E-state index in [1.54, 1.807) is 24.3 Å². The van der Waals surface area contributed by atoms with Gasteiger partial charge in [-0.1, -0.05) is 12.1 Å². The standard InChI is InChI=1S/C14H17F3N2O2/c1-21-11-4-2-3-10(7-11)8-19-12(20)13(14(15,16)17)5-6-18-9-13/h2-4,7,18H,5-6,8-9H2,1H3,(H,19,20). The van der Waals surface area contributed by atoms with Gasteiger partial charge in [-0.15, -0.1) is 0 Å². The molecule has 1 aliphatic rings. The van der Waals surface area contributed by atoms with Gasteiger partial charge in [-0.3, -0.25) is 4.79 Å². The van der Waals surface area contributed by atoms with Crippen LogP contribution >= 0.6 is 0 Å². The van der Waals surface area contributed by atoms with Crippen molar-refractivity contribution in [3.63, 3.8) is 0 Å². The second-order valence-electron chi connectivity index (χ2n) is 5.04. The van der Waals surface area contributed by atoms with Crippen LogP contribution < -0.4 is 15.4 Å². The fourth-order valence-corrected chi connectivity index (χ4v) is 2.39. The molecule has 7 heteroatoms. The van der Waals surface area contributed by atoms with Crippen LogP contribution in [0.5, 0.6) is 5.75 Å². The first-order valence-electron chi connectivity index (χ1n) is 6.58. The highest BCUT2D eigenvalue weighted by Gasteiger charge is 2.61. The first-order valence-corrected chi connectivity index (χ1v) is 6.58. The molecule has 1 aromatic carbocycles. The van der Waals surface area contributed by atoms with Crippen molar-refractivity contribution in [1.29, 1.82) is 0 Å². The van der Waals surface area contributed by atoms with Gasteiger partial charge in [-0.05, 0) is 30.7 Å². The van der Waals surface area contributed by atoms with Gasteiger partial charge in [0.05, 0.1) is 7.11 Å². The van der Waals surface area contributed by atoms with Crippen LogP contribution in [0.1, 0.15) is 12.0 Å². The summed E-state index contributed by atoms with van der Waals surface area (Å²) in [5.41, 5.74) is -1.64. The molecule has 0 radical (unpaired) electrons. The van der Waals surface area contributed by atoms with E-state index in [4.69, 9.17) is 4.74 Å². The Kier molecular flexibility index (Phi) is 4.41. The topological polar surface area (TPSA) is 50.4 Å². The minimum Gasteiger partial charge on any atom is -0.497 e. The first kappa shape index (κ1) is 15.6. The van der Waals surface area contributed by atoms with E-state index < -0.39 is 17.5 Å². The number of hydrogen-bond acceptors (Lipinski definition) is 3. The van der Waals surface area contributed by atoms with E-state index in [1.165, 1.54) is 7.11 Å². The summed E-state index contributed by atoms with van der Waals surface area (Å²) in [5.74, 6) is -0.391. The molecule has 4 nitrogen and oxygen atoms in total. The van der Waals surface area contributed by atoms with Gasteiger partial charge in [-0.2, -0.15) is 13.2 Å². The predicted molar refractivity (Wildman–Crippen MR) is 70.8 cm³/mol. The summed E-state index contributed by atoms with van der Waals surface area (Å²) in [6, 6.07) is 6.84. The lowest BCUT2D eigenvalue weighted by molar-refractivity contribution is -0.216. The van der Waals surface area contributed by atoms with E-state index in [0.29, 0.717) is 11.3 Å². The number of rotatable bonds is 4. The molecule has 1 fully saturated rings. The van der Waals surface area contributed by atoms with E-state index in [0.717, 1.165) is 0 Å². The van der Waals surface area contributed by atoms with Crippen LogP contribution in [0.3, 0.4) is 0 Å². The normalized spacial score (nSPS) is 22.1. The molecule has 0 spiro atoms. The third kappa shape index (κ3) is 3.12. The Labute approximate surface area is 120 Å². The molecule has 2 N–H and O–H groups in total. The number of alkyl halides is 3. The molecule has 0 aromatic heterocycles. The fraction of sp³-hybridized carbons (Fsp3) is 0.500. The summed E-state index contributed by atoms with van der Waals surface area (Å²) in [7, 11) is 1.50. The molecular formula is C14H17F3N2O2. The molecule has 1 unspecified atom stereocenters. The Morgan fingerprint density at radius 3 is 2.81 bits per heavy atom. The zero-order valence-electron chi connectivity index (χ0n) is 11.6. The molecule has 21 heavy (non-hydrogen) atoms. The number of hydrogen-bond donors (Lipinski definition) is 2. The maximum Gasteiger partial charge on any atom is 0.404 e. The molecule has 2 rings (SSSR count). The monoisotopic (exact) mass is 302 g/mol. The van der Waals surface area contributed by atoms with Gasteiger partial charge in [-0.25, -0.2) is 0 Å². The van der Waals surface area contributed by atoms with E-state index >= 15 is 0 Å². The molecule has 116 valence electrons. The average molecular weight is 302 g/mol. The van der Waals surface area contributed by atoms with Gasteiger partial charge >= 0.3 is 6.18 Å². The molecule has 1 aromatic rings. The second-order valence-corrected chi connectivity index (χ2v) is 5.04. The van der Waals surface area contributed by atoms with Crippen molar-refractivity contribution < 1.29 is 22.7 Å². The van der Waals surface area contributed by atoms with Crippen LogP contribution in [-0.4, -0.2) is 32.3 Å². The van der Waals surface area contributed by atoms with Gasteiger partial charge in [0.25, 0.3) is 0 Å². The summed E-state index contributed by atoms with van der Waals surface area (Å²) < 4.78 is 44.6. The van der Waals surface area contributed by atoms with Gasteiger partial charge < -0.3 is 15.4 Å². The highest BCUT2D eigenvalue weighted by molar-refractivity contribution is 5.84. The summed E-state index contributed by atoms with van der Waals surface area (Å²) >= 11 is 0. The molecule has 1 aliphatic heterocycles. The molecule has 0 bridgehead atoms. The lowest BCUT2D eigenvalue weighted by Gasteiger charge is -2.29. The molecule has 1 amide bonds. The van der Waals surface area contributed by atoms with E-state index in [2.05, 4.69) is 10.6 Å².